The summed E-state index contributed by atoms with van der Waals surface area (Å²) in [6.07, 6.45) is -0.954. The van der Waals surface area contributed by atoms with E-state index in [1.807, 2.05) is 6.92 Å². The Labute approximate surface area is 147 Å². The highest BCUT2D eigenvalue weighted by molar-refractivity contribution is 7.89. The molecule has 24 heavy (non-hydrogen) atoms. The summed E-state index contributed by atoms with van der Waals surface area (Å²) in [6, 6.07) is 13.3. The van der Waals surface area contributed by atoms with Gasteiger partial charge in [0.15, 0.2) is 0 Å². The molecule has 0 saturated heterocycles. The van der Waals surface area contributed by atoms with E-state index in [1.165, 1.54) is 19.2 Å². The lowest BCUT2D eigenvalue weighted by Gasteiger charge is -2.21. The number of aliphatic hydroxyl groups excluding tert-OH is 1. The number of hydrogen-bond acceptors (Lipinski definition) is 4. The van der Waals surface area contributed by atoms with Gasteiger partial charge in [-0.2, -0.15) is 4.31 Å². The molecular weight excluding hydrogens is 350 g/mol. The molecule has 0 aliphatic rings. The molecule has 0 aromatic heterocycles. The number of benzene rings is 2. The third-order valence-corrected chi connectivity index (χ3v) is 5.75. The van der Waals surface area contributed by atoms with Gasteiger partial charge in [0.1, 0.15) is 18.5 Å². The Kier molecular flexibility index (Phi) is 6.23. The van der Waals surface area contributed by atoms with Crippen molar-refractivity contribution in [2.24, 2.45) is 0 Å². The van der Waals surface area contributed by atoms with Gasteiger partial charge in [0, 0.05) is 18.6 Å². The first kappa shape index (κ1) is 18.7. The van der Waals surface area contributed by atoms with Gasteiger partial charge < -0.3 is 9.84 Å². The standard InChI is InChI=1S/C17H20ClNO4S/c1-13-10-15(8-9-17(13)18)23-12-14(20)11-19(2)24(21,22)16-6-4-3-5-7-16/h3-10,14,20H,11-12H2,1-2H3/t14-/m1/s1. The fraction of sp³-hybridized carbons (Fsp3) is 0.294. The summed E-state index contributed by atoms with van der Waals surface area (Å²) in [4.78, 5) is 0.189. The summed E-state index contributed by atoms with van der Waals surface area (Å²) >= 11 is 5.94. The molecule has 0 heterocycles. The number of aryl methyl sites for hydroxylation is 1. The lowest BCUT2D eigenvalue weighted by Crippen LogP contribution is -2.37. The molecule has 0 aliphatic carbocycles. The lowest BCUT2D eigenvalue weighted by molar-refractivity contribution is 0.0935. The van der Waals surface area contributed by atoms with Crippen molar-refractivity contribution in [1.82, 2.24) is 4.31 Å². The maximum atomic E-state index is 12.4. The predicted molar refractivity (Wildman–Crippen MR) is 93.9 cm³/mol. The average molecular weight is 370 g/mol. The summed E-state index contributed by atoms with van der Waals surface area (Å²) < 4.78 is 31.4. The monoisotopic (exact) mass is 369 g/mol. The first-order valence-electron chi connectivity index (χ1n) is 7.39. The van der Waals surface area contributed by atoms with E-state index in [1.54, 1.807) is 36.4 Å². The SMILES string of the molecule is Cc1cc(OC[C@H](O)CN(C)S(=O)(=O)c2ccccc2)ccc1Cl. The highest BCUT2D eigenvalue weighted by Gasteiger charge is 2.23. The van der Waals surface area contributed by atoms with Crippen LogP contribution in [0.1, 0.15) is 5.56 Å². The van der Waals surface area contributed by atoms with E-state index in [0.29, 0.717) is 10.8 Å². The molecule has 0 aliphatic heterocycles. The Hall–Kier alpha value is -1.60. The third-order valence-electron chi connectivity index (χ3n) is 3.49. The zero-order chi connectivity index (χ0) is 17.7. The summed E-state index contributed by atoms with van der Waals surface area (Å²) in [5.41, 5.74) is 0.868. The number of halogens is 1. The molecule has 0 unspecified atom stereocenters. The lowest BCUT2D eigenvalue weighted by atomic mass is 10.2. The van der Waals surface area contributed by atoms with Gasteiger partial charge in [-0.25, -0.2) is 8.42 Å². The Bertz CT molecular complexity index is 780. The Morgan fingerprint density at radius 1 is 1.21 bits per heavy atom. The van der Waals surface area contributed by atoms with Crippen LogP contribution < -0.4 is 4.74 Å². The van der Waals surface area contributed by atoms with Crippen LogP contribution in [0.15, 0.2) is 53.4 Å². The second kappa shape index (κ2) is 7.98. The number of hydrogen-bond donors (Lipinski definition) is 1. The largest absolute Gasteiger partial charge is 0.491 e. The zero-order valence-corrected chi connectivity index (χ0v) is 15.1. The normalized spacial score (nSPS) is 13.0. The molecular formula is C17H20ClNO4S. The van der Waals surface area contributed by atoms with Crippen LogP contribution in [-0.2, 0) is 10.0 Å². The Morgan fingerprint density at radius 3 is 2.50 bits per heavy atom. The van der Waals surface area contributed by atoms with E-state index in [2.05, 4.69) is 0 Å². The maximum absolute atomic E-state index is 12.4. The molecule has 2 aromatic carbocycles. The van der Waals surface area contributed by atoms with Gasteiger partial charge in [0.2, 0.25) is 10.0 Å². The summed E-state index contributed by atoms with van der Waals surface area (Å²) in [5, 5.41) is 10.7. The Balaban J connectivity index is 1.94. The van der Waals surface area contributed by atoms with Crippen molar-refractivity contribution < 1.29 is 18.3 Å². The van der Waals surface area contributed by atoms with E-state index >= 15 is 0 Å². The van der Waals surface area contributed by atoms with Gasteiger partial charge in [-0.15, -0.1) is 0 Å². The van der Waals surface area contributed by atoms with Crippen LogP contribution in [0.5, 0.6) is 5.75 Å². The first-order chi connectivity index (χ1) is 11.3. The minimum atomic E-state index is -3.63. The second-order valence-corrected chi connectivity index (χ2v) is 7.93. The minimum Gasteiger partial charge on any atom is -0.491 e. The number of sulfonamides is 1. The van der Waals surface area contributed by atoms with E-state index in [9.17, 15) is 13.5 Å². The molecule has 7 heteroatoms. The summed E-state index contributed by atoms with van der Waals surface area (Å²) in [6.45, 7) is 1.77. The van der Waals surface area contributed by atoms with Crippen LogP contribution in [0.3, 0.4) is 0 Å². The molecule has 130 valence electrons. The van der Waals surface area contributed by atoms with Gasteiger partial charge >= 0.3 is 0 Å². The van der Waals surface area contributed by atoms with Crippen molar-refractivity contribution in [2.45, 2.75) is 17.9 Å². The van der Waals surface area contributed by atoms with Crippen molar-refractivity contribution in [3.8, 4) is 5.75 Å². The van der Waals surface area contributed by atoms with E-state index in [0.717, 1.165) is 9.87 Å². The van der Waals surface area contributed by atoms with Gasteiger partial charge in [0.05, 0.1) is 4.90 Å². The predicted octanol–water partition coefficient (Wildman–Crippen LogP) is 2.71. The third kappa shape index (κ3) is 4.70. The van der Waals surface area contributed by atoms with Gasteiger partial charge in [-0.3, -0.25) is 0 Å². The van der Waals surface area contributed by atoms with Crippen LogP contribution >= 0.6 is 11.6 Å². The van der Waals surface area contributed by atoms with E-state index < -0.39 is 16.1 Å². The molecule has 0 fully saturated rings. The van der Waals surface area contributed by atoms with Crippen LogP contribution in [-0.4, -0.2) is 44.1 Å². The maximum Gasteiger partial charge on any atom is 0.242 e. The van der Waals surface area contributed by atoms with Crippen LogP contribution in [0.2, 0.25) is 5.02 Å². The molecule has 2 aromatic rings. The van der Waals surface area contributed by atoms with Crippen molar-refractivity contribution >= 4 is 21.6 Å². The molecule has 5 nitrogen and oxygen atoms in total. The average Bonchev–Trinajstić information content (AvgIpc) is 2.56. The van der Waals surface area contributed by atoms with Crippen molar-refractivity contribution in [3.63, 3.8) is 0 Å². The fourth-order valence-electron chi connectivity index (χ4n) is 2.12. The quantitative estimate of drug-likeness (QED) is 0.814. The van der Waals surface area contributed by atoms with Crippen molar-refractivity contribution in [1.29, 1.82) is 0 Å². The number of ether oxygens (including phenoxy) is 1. The van der Waals surface area contributed by atoms with E-state index in [4.69, 9.17) is 16.3 Å². The van der Waals surface area contributed by atoms with Crippen LogP contribution in [0.25, 0.3) is 0 Å². The highest BCUT2D eigenvalue weighted by atomic mass is 35.5. The summed E-state index contributed by atoms with van der Waals surface area (Å²) in [7, 11) is -2.20. The molecule has 0 saturated carbocycles. The highest BCUT2D eigenvalue weighted by Crippen LogP contribution is 2.21. The van der Waals surface area contributed by atoms with Gasteiger partial charge in [0.25, 0.3) is 0 Å². The molecule has 2 rings (SSSR count). The molecule has 0 amide bonds. The summed E-state index contributed by atoms with van der Waals surface area (Å²) in [5.74, 6) is 0.574. The molecule has 0 radical (unpaired) electrons. The van der Waals surface area contributed by atoms with Gasteiger partial charge in [-0.1, -0.05) is 29.8 Å². The zero-order valence-electron chi connectivity index (χ0n) is 13.5. The van der Waals surface area contributed by atoms with Crippen LogP contribution in [0.4, 0.5) is 0 Å². The minimum absolute atomic E-state index is 0.0181. The Morgan fingerprint density at radius 2 is 1.88 bits per heavy atom. The number of likely N-dealkylation sites (N-methyl/N-ethyl adjacent to an activating group) is 1. The number of rotatable bonds is 7. The number of nitrogens with zero attached hydrogens (tertiary/aromatic N) is 1. The van der Waals surface area contributed by atoms with Crippen molar-refractivity contribution in [3.05, 3.63) is 59.1 Å². The smallest absolute Gasteiger partial charge is 0.242 e. The van der Waals surface area contributed by atoms with Crippen LogP contribution in [0, 0.1) is 6.92 Å². The van der Waals surface area contributed by atoms with Gasteiger partial charge in [-0.05, 0) is 42.8 Å². The van der Waals surface area contributed by atoms with E-state index in [-0.39, 0.29) is 18.0 Å². The molecule has 1 atom stereocenters. The number of aliphatic hydroxyl groups is 1. The fourth-order valence-corrected chi connectivity index (χ4v) is 3.47. The second-order valence-electron chi connectivity index (χ2n) is 5.47. The molecule has 1 N–H and O–H groups in total. The van der Waals surface area contributed by atoms with Crippen molar-refractivity contribution in [2.75, 3.05) is 20.2 Å². The first-order valence-corrected chi connectivity index (χ1v) is 9.21. The molecule has 0 spiro atoms. The topological polar surface area (TPSA) is 66.8 Å². The molecule has 0 bridgehead atoms.